The van der Waals surface area contributed by atoms with Crippen LogP contribution in [0.4, 0.5) is 11.4 Å². The molecule has 1 heterocycles. The van der Waals surface area contributed by atoms with Crippen LogP contribution in [0.3, 0.4) is 0 Å². The molecule has 4 aromatic carbocycles. The maximum absolute atomic E-state index is 6.43. The number of hydrogen-bond acceptors (Lipinski definition) is 3. The van der Waals surface area contributed by atoms with E-state index in [0.29, 0.717) is 0 Å². The first kappa shape index (κ1) is 27.6. The second-order valence-electron chi connectivity index (χ2n) is 14.4. The van der Waals surface area contributed by atoms with Gasteiger partial charge < -0.3 is 15.1 Å². The molecule has 218 valence electrons. The number of hydrogen-bond donors (Lipinski definition) is 2. The molecule has 0 saturated heterocycles. The van der Waals surface area contributed by atoms with Gasteiger partial charge in [-0.2, -0.15) is 0 Å². The highest BCUT2D eigenvalue weighted by Crippen LogP contribution is 2.38. The molecule has 0 amide bonds. The summed E-state index contributed by atoms with van der Waals surface area (Å²) >= 11 is 0. The first-order valence-electron chi connectivity index (χ1n) is 15.7. The maximum Gasteiger partial charge on any atom is 0.135 e. The molecule has 0 spiro atoms. The summed E-state index contributed by atoms with van der Waals surface area (Å²) in [5, 5.41) is 9.74. The molecule has 7 rings (SSSR count). The Labute approximate surface area is 255 Å². The number of furan rings is 1. The number of anilines is 2. The molecular weight excluding hydrogens is 524 g/mol. The van der Waals surface area contributed by atoms with Crippen LogP contribution in [-0.2, 0) is 23.7 Å². The van der Waals surface area contributed by atoms with Gasteiger partial charge in [-0.1, -0.05) is 65.8 Å². The minimum Gasteiger partial charge on any atom is -0.456 e. The zero-order valence-corrected chi connectivity index (χ0v) is 26.3. The zero-order chi connectivity index (χ0) is 29.9. The largest absolute Gasteiger partial charge is 0.456 e. The lowest BCUT2D eigenvalue weighted by molar-refractivity contribution is 0.590. The van der Waals surface area contributed by atoms with Crippen LogP contribution in [0.5, 0.6) is 0 Å². The normalized spacial score (nSPS) is 15.1. The molecule has 3 heteroatoms. The molecule has 3 nitrogen and oxygen atoms in total. The number of allylic oxidation sites excluding steroid dienone is 2. The molecule has 1 aromatic heterocycles. The van der Waals surface area contributed by atoms with E-state index >= 15 is 0 Å². The predicted molar refractivity (Wildman–Crippen MR) is 184 cm³/mol. The van der Waals surface area contributed by atoms with Crippen LogP contribution in [0.2, 0.25) is 0 Å². The summed E-state index contributed by atoms with van der Waals surface area (Å²) in [7, 11) is 0. The Morgan fingerprint density at radius 2 is 0.907 bits per heavy atom. The van der Waals surface area contributed by atoms with Gasteiger partial charge in [0.05, 0.1) is 0 Å². The second-order valence-corrected chi connectivity index (χ2v) is 14.4. The van der Waals surface area contributed by atoms with Crippen molar-refractivity contribution >= 4 is 45.5 Å². The Balaban J connectivity index is 1.17. The lowest BCUT2D eigenvalue weighted by Crippen LogP contribution is -2.11. The van der Waals surface area contributed by atoms with E-state index in [2.05, 4.69) is 137 Å². The maximum atomic E-state index is 6.43. The third-order valence-electron chi connectivity index (χ3n) is 9.09. The van der Waals surface area contributed by atoms with Gasteiger partial charge in [0, 0.05) is 33.5 Å². The first-order chi connectivity index (χ1) is 20.5. The standard InChI is InChI=1S/C40H42N2O/c1-39(2,3)29-9-15-31(16-10-29)41-33-13-7-25-23-37-35(21-27(25)19-33)36-22-28-20-34(14-8-26(28)24-38(36)43-37)42-32-17-11-30(12-18-32)40(4,5)6/h9-12,15-24,41-42H,7-8,13-14H2,1-6H3. The molecule has 0 fully saturated rings. The van der Waals surface area contributed by atoms with E-state index in [0.717, 1.165) is 48.2 Å². The summed E-state index contributed by atoms with van der Waals surface area (Å²) in [6.07, 6.45) is 8.64. The summed E-state index contributed by atoms with van der Waals surface area (Å²) in [6, 6.07) is 26.9. The summed E-state index contributed by atoms with van der Waals surface area (Å²) in [6.45, 7) is 13.5. The molecule has 2 aliphatic rings. The van der Waals surface area contributed by atoms with Gasteiger partial charge in [-0.15, -0.1) is 0 Å². The van der Waals surface area contributed by atoms with Crippen molar-refractivity contribution in [2.75, 3.05) is 10.6 Å². The van der Waals surface area contributed by atoms with Crippen LogP contribution in [0, 0.1) is 0 Å². The molecular formula is C40H42N2O. The molecule has 0 saturated carbocycles. The van der Waals surface area contributed by atoms with E-state index < -0.39 is 0 Å². The van der Waals surface area contributed by atoms with Crippen molar-refractivity contribution in [3.63, 3.8) is 0 Å². The minimum absolute atomic E-state index is 0.159. The fourth-order valence-corrected chi connectivity index (χ4v) is 6.42. The average molecular weight is 567 g/mol. The highest BCUT2D eigenvalue weighted by atomic mass is 16.3. The number of nitrogens with one attached hydrogen (secondary N) is 2. The van der Waals surface area contributed by atoms with Gasteiger partial charge >= 0.3 is 0 Å². The lowest BCUT2D eigenvalue weighted by Gasteiger charge is -2.21. The van der Waals surface area contributed by atoms with E-state index in [1.54, 1.807) is 0 Å². The van der Waals surface area contributed by atoms with E-state index in [-0.39, 0.29) is 10.8 Å². The van der Waals surface area contributed by atoms with Crippen LogP contribution in [0.15, 0.2) is 88.6 Å². The van der Waals surface area contributed by atoms with Crippen LogP contribution in [0.25, 0.3) is 34.1 Å². The molecule has 2 N–H and O–H groups in total. The average Bonchev–Trinajstić information content (AvgIpc) is 3.30. The number of aryl methyl sites for hydroxylation is 2. The molecule has 0 unspecified atom stereocenters. The fraction of sp³-hybridized carbons (Fsp3) is 0.300. The van der Waals surface area contributed by atoms with E-state index in [4.69, 9.17) is 4.42 Å². The van der Waals surface area contributed by atoms with E-state index in [1.807, 2.05) is 0 Å². The Morgan fingerprint density at radius 3 is 1.28 bits per heavy atom. The highest BCUT2D eigenvalue weighted by Gasteiger charge is 2.19. The smallest absolute Gasteiger partial charge is 0.135 e. The Morgan fingerprint density at radius 1 is 0.512 bits per heavy atom. The number of benzene rings is 4. The van der Waals surface area contributed by atoms with Gasteiger partial charge in [0.25, 0.3) is 0 Å². The van der Waals surface area contributed by atoms with Gasteiger partial charge in [-0.25, -0.2) is 0 Å². The Kier molecular flexibility index (Phi) is 6.54. The third kappa shape index (κ3) is 5.49. The van der Waals surface area contributed by atoms with Crippen LogP contribution in [-0.4, -0.2) is 0 Å². The fourth-order valence-electron chi connectivity index (χ4n) is 6.42. The summed E-state index contributed by atoms with van der Waals surface area (Å²) in [5.74, 6) is 0. The molecule has 0 atom stereocenters. The van der Waals surface area contributed by atoms with Crippen molar-refractivity contribution in [1.29, 1.82) is 0 Å². The zero-order valence-electron chi connectivity index (χ0n) is 26.3. The highest BCUT2D eigenvalue weighted by molar-refractivity contribution is 6.07. The summed E-state index contributed by atoms with van der Waals surface area (Å²) in [4.78, 5) is 0. The third-order valence-corrected chi connectivity index (χ3v) is 9.09. The van der Waals surface area contributed by atoms with Gasteiger partial charge in [-0.3, -0.25) is 0 Å². The van der Waals surface area contributed by atoms with Crippen molar-refractivity contribution < 1.29 is 4.42 Å². The lowest BCUT2D eigenvalue weighted by atomic mass is 9.87. The molecule has 5 aromatic rings. The molecule has 0 radical (unpaired) electrons. The predicted octanol–water partition coefficient (Wildman–Crippen LogP) is 11.0. The summed E-state index contributed by atoms with van der Waals surface area (Å²) in [5.41, 5.74) is 15.1. The van der Waals surface area contributed by atoms with Crippen LogP contribution >= 0.6 is 0 Å². The van der Waals surface area contributed by atoms with Crippen molar-refractivity contribution in [2.24, 2.45) is 0 Å². The van der Waals surface area contributed by atoms with Crippen molar-refractivity contribution in [3.05, 3.63) is 118 Å². The SMILES string of the molecule is CC(C)(C)c1ccc(NC2=Cc3cc4c(cc3CC2)oc2cc3c(cc24)C=C(Nc2ccc(C(C)(C)C)cc2)CC3)cc1. The second kappa shape index (κ2) is 10.2. The quantitative estimate of drug-likeness (QED) is 0.227. The van der Waals surface area contributed by atoms with E-state index in [1.165, 1.54) is 55.5 Å². The first-order valence-corrected chi connectivity index (χ1v) is 15.7. The molecule has 0 aliphatic heterocycles. The Bertz CT molecular complexity index is 1760. The van der Waals surface area contributed by atoms with Crippen molar-refractivity contribution in [1.82, 2.24) is 0 Å². The van der Waals surface area contributed by atoms with E-state index in [9.17, 15) is 0 Å². The number of fused-ring (bicyclic) bond motifs is 5. The van der Waals surface area contributed by atoms with Crippen LogP contribution in [0.1, 0.15) is 87.8 Å². The monoisotopic (exact) mass is 566 g/mol. The summed E-state index contributed by atoms with van der Waals surface area (Å²) < 4.78 is 6.43. The van der Waals surface area contributed by atoms with Crippen molar-refractivity contribution in [2.45, 2.75) is 78.1 Å². The topological polar surface area (TPSA) is 37.2 Å². The number of rotatable bonds is 4. The molecule has 0 bridgehead atoms. The van der Waals surface area contributed by atoms with Crippen molar-refractivity contribution in [3.8, 4) is 0 Å². The van der Waals surface area contributed by atoms with Gasteiger partial charge in [0.1, 0.15) is 11.2 Å². The van der Waals surface area contributed by atoms with Gasteiger partial charge in [-0.05, 0) is 131 Å². The molecule has 43 heavy (non-hydrogen) atoms. The molecule has 2 aliphatic carbocycles. The van der Waals surface area contributed by atoms with Gasteiger partial charge in [0.2, 0.25) is 0 Å². The Hall–Kier alpha value is -4.24. The minimum atomic E-state index is 0.159. The van der Waals surface area contributed by atoms with Gasteiger partial charge in [0.15, 0.2) is 0 Å². The van der Waals surface area contributed by atoms with Crippen LogP contribution < -0.4 is 10.6 Å².